The highest BCUT2D eigenvalue weighted by Crippen LogP contribution is 2.33. The number of hydrogen-bond acceptors (Lipinski definition) is 3. The van der Waals surface area contributed by atoms with Gasteiger partial charge in [-0.05, 0) is 24.3 Å². The van der Waals surface area contributed by atoms with E-state index in [1.807, 2.05) is 0 Å². The maximum absolute atomic E-state index is 14.0. The van der Waals surface area contributed by atoms with Crippen LogP contribution in [0.4, 0.5) is 4.39 Å². The number of sulfone groups is 1. The minimum Gasteiger partial charge on any atom is -0.224 e. The molecule has 0 fully saturated rings. The van der Waals surface area contributed by atoms with E-state index in [4.69, 9.17) is 11.6 Å². The predicted molar refractivity (Wildman–Crippen MR) is 77.2 cm³/mol. The summed E-state index contributed by atoms with van der Waals surface area (Å²) >= 11 is 10.0. The predicted octanol–water partition coefficient (Wildman–Crippen LogP) is 3.84. The molecule has 2 rings (SSSR count). The molecule has 0 aromatic heterocycles. The number of halogens is 2. The Morgan fingerprint density at radius 2 is 1.84 bits per heavy atom. The monoisotopic (exact) mass is 316 g/mol. The highest BCUT2D eigenvalue weighted by Gasteiger charge is 2.15. The molecule has 0 N–H and O–H groups in total. The Morgan fingerprint density at radius 3 is 2.47 bits per heavy atom. The van der Waals surface area contributed by atoms with Gasteiger partial charge in [0.1, 0.15) is 5.82 Å². The zero-order valence-electron chi connectivity index (χ0n) is 9.89. The highest BCUT2D eigenvalue weighted by molar-refractivity contribution is 7.90. The summed E-state index contributed by atoms with van der Waals surface area (Å²) in [5, 5.41) is 0.283. The molecule has 0 unspecified atom stereocenters. The number of rotatable bonds is 2. The molecule has 0 amide bonds. The minimum absolute atomic E-state index is 0.0934. The molecule has 2 aromatic rings. The van der Waals surface area contributed by atoms with Crippen molar-refractivity contribution in [1.82, 2.24) is 0 Å². The smallest absolute Gasteiger partial charge is 0.175 e. The molecule has 6 heteroatoms. The first kappa shape index (κ1) is 14.4. The lowest BCUT2D eigenvalue weighted by atomic mass is 10.1. The van der Waals surface area contributed by atoms with E-state index >= 15 is 0 Å². The van der Waals surface area contributed by atoms with E-state index in [2.05, 4.69) is 12.6 Å². The molecule has 2 nitrogen and oxygen atoms in total. The lowest BCUT2D eigenvalue weighted by molar-refractivity contribution is 0.601. The van der Waals surface area contributed by atoms with E-state index in [1.54, 1.807) is 6.07 Å². The van der Waals surface area contributed by atoms with Gasteiger partial charge in [0.2, 0.25) is 0 Å². The van der Waals surface area contributed by atoms with Crippen LogP contribution in [0.1, 0.15) is 0 Å². The quantitative estimate of drug-likeness (QED) is 0.854. The third-order valence-corrected chi connectivity index (χ3v) is 4.42. The summed E-state index contributed by atoms with van der Waals surface area (Å²) in [6, 6.07) is 8.87. The Labute approximate surface area is 121 Å². The van der Waals surface area contributed by atoms with Crippen LogP contribution >= 0.6 is 24.2 Å². The van der Waals surface area contributed by atoms with Gasteiger partial charge in [-0.25, -0.2) is 12.8 Å². The first-order chi connectivity index (χ1) is 8.80. The van der Waals surface area contributed by atoms with Crippen LogP contribution in [0, 0.1) is 5.82 Å². The number of benzene rings is 2. The second-order valence-corrected chi connectivity index (χ2v) is 6.96. The third-order valence-electron chi connectivity index (χ3n) is 2.63. The van der Waals surface area contributed by atoms with Crippen LogP contribution in [0.3, 0.4) is 0 Å². The third kappa shape index (κ3) is 2.94. The second kappa shape index (κ2) is 5.15. The van der Waals surface area contributed by atoms with Crippen molar-refractivity contribution < 1.29 is 12.8 Å². The van der Waals surface area contributed by atoms with E-state index < -0.39 is 15.7 Å². The first-order valence-electron chi connectivity index (χ1n) is 5.28. The molecule has 0 bridgehead atoms. The van der Waals surface area contributed by atoms with E-state index in [1.165, 1.54) is 30.3 Å². The van der Waals surface area contributed by atoms with Crippen molar-refractivity contribution in [3.05, 3.63) is 47.2 Å². The Hall–Kier alpha value is -1.04. The zero-order valence-corrected chi connectivity index (χ0v) is 12.4. The summed E-state index contributed by atoms with van der Waals surface area (Å²) < 4.78 is 37.1. The normalized spacial score (nSPS) is 11.6. The summed E-state index contributed by atoms with van der Waals surface area (Å²) in [5.74, 6) is -0.529. The largest absolute Gasteiger partial charge is 0.224 e. The van der Waals surface area contributed by atoms with Crippen LogP contribution in [-0.2, 0) is 9.84 Å². The van der Waals surface area contributed by atoms with Crippen LogP contribution in [-0.4, -0.2) is 14.7 Å². The average molecular weight is 317 g/mol. The van der Waals surface area contributed by atoms with Crippen molar-refractivity contribution in [3.63, 3.8) is 0 Å². The molecule has 0 spiro atoms. The molecule has 100 valence electrons. The Bertz CT molecular complexity index is 742. The van der Waals surface area contributed by atoms with Gasteiger partial charge in [0, 0.05) is 27.3 Å². The van der Waals surface area contributed by atoms with Crippen molar-refractivity contribution in [2.75, 3.05) is 6.26 Å². The fraction of sp³-hybridized carbons (Fsp3) is 0.0769. The Balaban J connectivity index is 2.72. The van der Waals surface area contributed by atoms with E-state index in [0.29, 0.717) is 5.56 Å². The van der Waals surface area contributed by atoms with Crippen LogP contribution in [0.2, 0.25) is 5.02 Å². The zero-order chi connectivity index (χ0) is 14.2. The number of thiol groups is 1. The van der Waals surface area contributed by atoms with Gasteiger partial charge in [0.25, 0.3) is 0 Å². The van der Waals surface area contributed by atoms with E-state index in [9.17, 15) is 12.8 Å². The van der Waals surface area contributed by atoms with E-state index in [-0.39, 0.29) is 20.4 Å². The van der Waals surface area contributed by atoms with Gasteiger partial charge < -0.3 is 0 Å². The summed E-state index contributed by atoms with van der Waals surface area (Å²) in [7, 11) is -3.37. The summed E-state index contributed by atoms with van der Waals surface area (Å²) in [4.78, 5) is 0.272. The Morgan fingerprint density at radius 1 is 1.16 bits per heavy atom. The minimum atomic E-state index is -3.37. The lowest BCUT2D eigenvalue weighted by Crippen LogP contribution is -1.98. The van der Waals surface area contributed by atoms with Gasteiger partial charge in [-0.15, -0.1) is 12.6 Å². The molecule has 0 saturated carbocycles. The van der Waals surface area contributed by atoms with Crippen molar-refractivity contribution in [2.45, 2.75) is 9.79 Å². The lowest BCUT2D eigenvalue weighted by Gasteiger charge is -2.09. The molecule has 0 radical (unpaired) electrons. The van der Waals surface area contributed by atoms with Crippen molar-refractivity contribution in [1.29, 1.82) is 0 Å². The molecule has 2 aromatic carbocycles. The van der Waals surface area contributed by atoms with Crippen LogP contribution < -0.4 is 0 Å². The summed E-state index contributed by atoms with van der Waals surface area (Å²) in [5.41, 5.74) is 0.556. The van der Waals surface area contributed by atoms with Crippen LogP contribution in [0.5, 0.6) is 0 Å². The van der Waals surface area contributed by atoms with Gasteiger partial charge in [0.05, 0.1) is 4.90 Å². The molecule has 0 aliphatic carbocycles. The van der Waals surface area contributed by atoms with Gasteiger partial charge in [0.15, 0.2) is 9.84 Å². The molecular weight excluding hydrogens is 307 g/mol. The van der Waals surface area contributed by atoms with Crippen molar-refractivity contribution in [3.8, 4) is 11.1 Å². The standard InChI is InChI=1S/C13H10ClFO2S2/c1-19(16,17)8-5-6-11(14)10(7-8)9-3-2-4-12(18)13(9)15/h2-7,18H,1H3. The van der Waals surface area contributed by atoms with Gasteiger partial charge in [-0.3, -0.25) is 0 Å². The fourth-order valence-corrected chi connectivity index (χ4v) is 2.74. The summed E-state index contributed by atoms with van der Waals surface area (Å²) in [6.45, 7) is 0. The van der Waals surface area contributed by atoms with Crippen LogP contribution in [0.25, 0.3) is 11.1 Å². The molecule has 0 saturated heterocycles. The van der Waals surface area contributed by atoms with Crippen molar-refractivity contribution in [2.24, 2.45) is 0 Å². The van der Waals surface area contributed by atoms with Gasteiger partial charge >= 0.3 is 0 Å². The maximum atomic E-state index is 14.0. The molecule has 0 atom stereocenters. The van der Waals surface area contributed by atoms with Crippen molar-refractivity contribution >= 4 is 34.1 Å². The summed E-state index contributed by atoms with van der Waals surface area (Å²) in [6.07, 6.45) is 1.09. The van der Waals surface area contributed by atoms with Gasteiger partial charge in [-0.2, -0.15) is 0 Å². The number of hydrogen-bond donors (Lipinski definition) is 1. The van der Waals surface area contributed by atoms with Crippen LogP contribution in [0.15, 0.2) is 46.2 Å². The molecule has 0 aliphatic heterocycles. The molecule has 19 heavy (non-hydrogen) atoms. The first-order valence-corrected chi connectivity index (χ1v) is 8.00. The SMILES string of the molecule is CS(=O)(=O)c1ccc(Cl)c(-c2cccc(S)c2F)c1. The topological polar surface area (TPSA) is 34.1 Å². The second-order valence-electron chi connectivity index (χ2n) is 4.05. The molecule has 0 heterocycles. The van der Waals surface area contributed by atoms with Gasteiger partial charge in [-0.1, -0.05) is 23.7 Å². The highest BCUT2D eigenvalue weighted by atomic mass is 35.5. The fourth-order valence-electron chi connectivity index (χ4n) is 1.67. The maximum Gasteiger partial charge on any atom is 0.175 e. The Kier molecular flexibility index (Phi) is 3.90. The molecular formula is C13H10ClFO2S2. The average Bonchev–Trinajstić information content (AvgIpc) is 2.32. The van der Waals surface area contributed by atoms with E-state index in [0.717, 1.165) is 6.26 Å². The molecule has 0 aliphatic rings.